The minimum absolute atomic E-state index is 0.0459. The van der Waals surface area contributed by atoms with Crippen molar-refractivity contribution in [3.8, 4) is 5.75 Å². The maximum absolute atomic E-state index is 13.2. The average Bonchev–Trinajstić information content (AvgIpc) is 2.58. The molecule has 1 N–H and O–H groups in total. The number of halogens is 2. The summed E-state index contributed by atoms with van der Waals surface area (Å²) in [6.07, 6.45) is -0.723. The second-order valence-electron chi connectivity index (χ2n) is 5.36. The quantitative estimate of drug-likeness (QED) is 0.720. The predicted molar refractivity (Wildman–Crippen MR) is 94.1 cm³/mol. The number of carbonyl (C=O) groups excluding carboxylic acids is 1. The molecular weight excluding hydrogens is 329 g/mol. The first-order chi connectivity index (χ1) is 11.5. The van der Waals surface area contributed by atoms with Gasteiger partial charge in [0.15, 0.2) is 6.10 Å². The average molecular weight is 344 g/mol. The lowest BCUT2D eigenvalue weighted by Gasteiger charge is -2.16. The van der Waals surface area contributed by atoms with E-state index in [0.29, 0.717) is 11.4 Å². The van der Waals surface area contributed by atoms with Crippen LogP contribution in [0.4, 0.5) is 10.1 Å². The molecule has 3 nitrogen and oxygen atoms in total. The van der Waals surface area contributed by atoms with Crippen LogP contribution >= 0.6 is 11.6 Å². The second-order valence-corrected chi connectivity index (χ2v) is 5.76. The molecule has 0 spiro atoms. The Bertz CT molecular complexity index is 892. The summed E-state index contributed by atoms with van der Waals surface area (Å²) in [6, 6.07) is 17.5. The molecule has 0 radical (unpaired) electrons. The van der Waals surface area contributed by atoms with Crippen molar-refractivity contribution in [2.75, 3.05) is 5.32 Å². The summed E-state index contributed by atoms with van der Waals surface area (Å²) in [5.74, 6) is -0.242. The zero-order valence-corrected chi connectivity index (χ0v) is 13.7. The molecule has 3 rings (SSSR count). The summed E-state index contributed by atoms with van der Waals surface area (Å²) < 4.78 is 19.0. The Labute approximate surface area is 144 Å². The normalized spacial score (nSPS) is 12.0. The maximum atomic E-state index is 13.2. The predicted octanol–water partition coefficient (Wildman–Crippen LogP) is 5.04. The molecule has 24 heavy (non-hydrogen) atoms. The van der Waals surface area contributed by atoms with E-state index in [2.05, 4.69) is 5.32 Å². The van der Waals surface area contributed by atoms with Gasteiger partial charge in [-0.25, -0.2) is 4.39 Å². The molecule has 1 unspecified atom stereocenters. The van der Waals surface area contributed by atoms with Gasteiger partial charge in [0.2, 0.25) is 0 Å². The fourth-order valence-corrected chi connectivity index (χ4v) is 2.54. The summed E-state index contributed by atoms with van der Waals surface area (Å²) in [6.45, 7) is 1.65. The van der Waals surface area contributed by atoms with Gasteiger partial charge in [0.1, 0.15) is 11.6 Å². The molecule has 1 atom stereocenters. The molecule has 0 fully saturated rings. The zero-order chi connectivity index (χ0) is 17.1. The molecule has 1 amide bonds. The van der Waals surface area contributed by atoms with E-state index in [4.69, 9.17) is 16.3 Å². The van der Waals surface area contributed by atoms with E-state index in [0.717, 1.165) is 10.8 Å². The lowest BCUT2D eigenvalue weighted by atomic mass is 10.1. The summed E-state index contributed by atoms with van der Waals surface area (Å²) in [5, 5.41) is 4.59. The topological polar surface area (TPSA) is 38.3 Å². The molecule has 0 heterocycles. The van der Waals surface area contributed by atoms with Crippen LogP contribution in [0.5, 0.6) is 5.75 Å². The molecule has 0 aliphatic rings. The van der Waals surface area contributed by atoms with Crippen LogP contribution in [0.3, 0.4) is 0 Å². The molecule has 0 aromatic heterocycles. The third kappa shape index (κ3) is 3.49. The van der Waals surface area contributed by atoms with Crippen LogP contribution in [0.2, 0.25) is 5.02 Å². The van der Waals surface area contributed by atoms with Gasteiger partial charge in [-0.15, -0.1) is 0 Å². The van der Waals surface area contributed by atoms with Gasteiger partial charge in [-0.2, -0.15) is 0 Å². The van der Waals surface area contributed by atoms with Crippen LogP contribution in [0.15, 0.2) is 60.7 Å². The third-order valence-corrected chi connectivity index (χ3v) is 3.90. The summed E-state index contributed by atoms with van der Waals surface area (Å²) in [7, 11) is 0. The maximum Gasteiger partial charge on any atom is 0.265 e. The van der Waals surface area contributed by atoms with Crippen molar-refractivity contribution in [2.24, 2.45) is 0 Å². The lowest BCUT2D eigenvalue weighted by Crippen LogP contribution is -2.30. The van der Waals surface area contributed by atoms with Gasteiger partial charge >= 0.3 is 0 Å². The second kappa shape index (κ2) is 6.89. The number of amides is 1. The van der Waals surface area contributed by atoms with Crippen LogP contribution < -0.4 is 10.1 Å². The van der Waals surface area contributed by atoms with Gasteiger partial charge in [-0.1, -0.05) is 48.0 Å². The molecule has 0 saturated heterocycles. The van der Waals surface area contributed by atoms with E-state index in [1.807, 2.05) is 42.5 Å². The number of hydrogen-bond acceptors (Lipinski definition) is 2. The molecular formula is C19H15ClFNO2. The van der Waals surface area contributed by atoms with Gasteiger partial charge in [0.25, 0.3) is 5.91 Å². The lowest BCUT2D eigenvalue weighted by molar-refractivity contribution is -0.122. The Morgan fingerprint density at radius 2 is 1.88 bits per heavy atom. The van der Waals surface area contributed by atoms with Crippen molar-refractivity contribution in [2.45, 2.75) is 13.0 Å². The first-order valence-electron chi connectivity index (χ1n) is 7.45. The van der Waals surface area contributed by atoms with Crippen LogP contribution in [0, 0.1) is 5.82 Å². The highest BCUT2D eigenvalue weighted by molar-refractivity contribution is 6.31. The molecule has 0 saturated carbocycles. The van der Waals surface area contributed by atoms with Crippen molar-refractivity contribution in [3.05, 3.63) is 71.5 Å². The van der Waals surface area contributed by atoms with Gasteiger partial charge in [0.05, 0.1) is 5.02 Å². The van der Waals surface area contributed by atoms with Crippen molar-refractivity contribution in [1.29, 1.82) is 0 Å². The Morgan fingerprint density at radius 1 is 1.12 bits per heavy atom. The molecule has 0 bridgehead atoms. The van der Waals surface area contributed by atoms with E-state index < -0.39 is 11.9 Å². The van der Waals surface area contributed by atoms with Crippen molar-refractivity contribution < 1.29 is 13.9 Å². The minimum Gasteiger partial charge on any atom is -0.480 e. The van der Waals surface area contributed by atoms with Crippen molar-refractivity contribution in [1.82, 2.24) is 0 Å². The van der Waals surface area contributed by atoms with Crippen molar-refractivity contribution >= 4 is 34.0 Å². The molecule has 0 aliphatic carbocycles. The number of nitrogens with one attached hydrogen (secondary N) is 1. The Balaban J connectivity index is 1.75. The van der Waals surface area contributed by atoms with Gasteiger partial charge in [0, 0.05) is 11.1 Å². The van der Waals surface area contributed by atoms with Crippen molar-refractivity contribution in [3.63, 3.8) is 0 Å². The monoisotopic (exact) mass is 343 g/mol. The Kier molecular flexibility index (Phi) is 4.67. The fourth-order valence-electron chi connectivity index (χ4n) is 2.36. The first kappa shape index (κ1) is 16.3. The van der Waals surface area contributed by atoms with E-state index >= 15 is 0 Å². The Hall–Kier alpha value is -2.59. The SMILES string of the molecule is CC(Oc1cccc2ccccc12)C(=O)Nc1ccc(F)c(Cl)c1. The molecule has 3 aromatic rings. The third-order valence-electron chi connectivity index (χ3n) is 3.61. The Morgan fingerprint density at radius 3 is 2.67 bits per heavy atom. The number of anilines is 1. The standard InChI is InChI=1S/C19H15ClFNO2/c1-12(19(23)22-14-9-10-17(21)16(20)11-14)24-18-8-4-6-13-5-2-3-7-15(13)18/h2-12H,1H3,(H,22,23). The van der Waals surface area contributed by atoms with Gasteiger partial charge in [-0.3, -0.25) is 4.79 Å². The summed E-state index contributed by atoms with van der Waals surface area (Å²) in [5.41, 5.74) is 0.416. The summed E-state index contributed by atoms with van der Waals surface area (Å²) >= 11 is 5.71. The molecule has 0 aliphatic heterocycles. The number of ether oxygens (including phenoxy) is 1. The largest absolute Gasteiger partial charge is 0.480 e. The number of benzene rings is 3. The first-order valence-corrected chi connectivity index (χ1v) is 7.83. The van der Waals surface area contributed by atoms with Crippen LogP contribution in [0.25, 0.3) is 10.8 Å². The molecule has 5 heteroatoms. The van der Waals surface area contributed by atoms with E-state index in [-0.39, 0.29) is 10.9 Å². The fraction of sp³-hybridized carbons (Fsp3) is 0.105. The zero-order valence-electron chi connectivity index (χ0n) is 12.9. The van der Waals surface area contributed by atoms with Gasteiger partial charge in [-0.05, 0) is 36.6 Å². The number of carbonyl (C=O) groups is 1. The molecule has 3 aromatic carbocycles. The van der Waals surface area contributed by atoms with E-state index in [9.17, 15) is 9.18 Å². The van der Waals surface area contributed by atoms with Crippen LogP contribution in [-0.4, -0.2) is 12.0 Å². The number of hydrogen-bond donors (Lipinski definition) is 1. The number of rotatable bonds is 4. The van der Waals surface area contributed by atoms with Crippen LogP contribution in [0.1, 0.15) is 6.92 Å². The number of fused-ring (bicyclic) bond motifs is 1. The van der Waals surface area contributed by atoms with E-state index in [1.165, 1.54) is 18.2 Å². The highest BCUT2D eigenvalue weighted by atomic mass is 35.5. The highest BCUT2D eigenvalue weighted by Crippen LogP contribution is 2.26. The molecule has 122 valence electrons. The smallest absolute Gasteiger partial charge is 0.265 e. The van der Waals surface area contributed by atoms with Gasteiger partial charge < -0.3 is 10.1 Å². The minimum atomic E-state index is -0.723. The summed E-state index contributed by atoms with van der Waals surface area (Å²) in [4.78, 5) is 12.3. The highest BCUT2D eigenvalue weighted by Gasteiger charge is 2.16. The van der Waals surface area contributed by atoms with Crippen LogP contribution in [-0.2, 0) is 4.79 Å². The van der Waals surface area contributed by atoms with E-state index in [1.54, 1.807) is 6.92 Å².